The van der Waals surface area contributed by atoms with Crippen LogP contribution in [0.2, 0.25) is 0 Å². The summed E-state index contributed by atoms with van der Waals surface area (Å²) in [4.78, 5) is 45.8. The monoisotopic (exact) mass is 520 g/mol. The molecule has 13 heteroatoms. The van der Waals surface area contributed by atoms with Gasteiger partial charge in [0.2, 0.25) is 17.7 Å². The summed E-state index contributed by atoms with van der Waals surface area (Å²) < 4.78 is 21.0. The first kappa shape index (κ1) is 33.8. The summed E-state index contributed by atoms with van der Waals surface area (Å²) in [5.74, 6) is -0.752. The number of carbonyl (C=O) groups is 4. The zero-order valence-corrected chi connectivity index (χ0v) is 21.6. The summed E-state index contributed by atoms with van der Waals surface area (Å²) in [6.45, 7) is 4.25. The van der Waals surface area contributed by atoms with Gasteiger partial charge in [-0.2, -0.15) is 0 Å². The number of nitrogens with one attached hydrogen (secondary N) is 4. The van der Waals surface area contributed by atoms with E-state index in [2.05, 4.69) is 21.3 Å². The lowest BCUT2D eigenvalue weighted by atomic mass is 10.1. The number of aliphatic hydroxyl groups is 1. The molecule has 0 aliphatic carbocycles. The third-order valence-corrected chi connectivity index (χ3v) is 4.80. The molecule has 3 amide bonds. The number of likely N-dealkylation sites (N-methyl/N-ethyl adjacent to an activating group) is 1. The summed E-state index contributed by atoms with van der Waals surface area (Å²) in [5, 5.41) is 19.8. The lowest BCUT2D eigenvalue weighted by Gasteiger charge is -2.13. The molecule has 0 bridgehead atoms. The SMILES string of the molecule is CCC(=O)NCCOCCOCC(=O)NCCOCCOCC(=O)NCCCC[C@H](NC)C(=O)CO. The second kappa shape index (κ2) is 24.5. The molecule has 0 rings (SSSR count). The van der Waals surface area contributed by atoms with Gasteiger partial charge in [-0.05, 0) is 26.3 Å². The molecule has 1 atom stereocenters. The van der Waals surface area contributed by atoms with E-state index in [1.54, 1.807) is 14.0 Å². The highest BCUT2D eigenvalue weighted by Crippen LogP contribution is 2.01. The van der Waals surface area contributed by atoms with Gasteiger partial charge >= 0.3 is 0 Å². The number of aliphatic hydroxyl groups excluding tert-OH is 1. The van der Waals surface area contributed by atoms with Gasteiger partial charge in [0.05, 0.1) is 45.7 Å². The molecule has 0 aliphatic rings. The van der Waals surface area contributed by atoms with Crippen molar-refractivity contribution < 1.29 is 43.2 Å². The summed E-state index contributed by atoms with van der Waals surface area (Å²) in [7, 11) is 1.67. The molecular weight excluding hydrogens is 476 g/mol. The van der Waals surface area contributed by atoms with E-state index in [-0.39, 0.29) is 56.0 Å². The smallest absolute Gasteiger partial charge is 0.246 e. The molecule has 0 fully saturated rings. The van der Waals surface area contributed by atoms with Gasteiger partial charge in [-0.3, -0.25) is 19.2 Å². The largest absolute Gasteiger partial charge is 0.389 e. The molecule has 0 heterocycles. The molecule has 210 valence electrons. The predicted molar refractivity (Wildman–Crippen MR) is 131 cm³/mol. The second-order valence-corrected chi connectivity index (χ2v) is 7.69. The van der Waals surface area contributed by atoms with Crippen LogP contribution in [0.5, 0.6) is 0 Å². The van der Waals surface area contributed by atoms with Crippen molar-refractivity contribution in [1.29, 1.82) is 0 Å². The fraction of sp³-hybridized carbons (Fsp3) is 0.826. The Bertz CT molecular complexity index is 608. The molecule has 0 saturated heterocycles. The van der Waals surface area contributed by atoms with E-state index < -0.39 is 6.61 Å². The summed E-state index contributed by atoms with van der Waals surface area (Å²) in [5.41, 5.74) is 0. The number of hydrogen-bond donors (Lipinski definition) is 5. The van der Waals surface area contributed by atoms with Crippen molar-refractivity contribution >= 4 is 23.5 Å². The van der Waals surface area contributed by atoms with Gasteiger partial charge in [0.1, 0.15) is 19.8 Å². The first-order valence-corrected chi connectivity index (χ1v) is 12.4. The van der Waals surface area contributed by atoms with Gasteiger partial charge in [0.15, 0.2) is 5.78 Å². The molecule has 0 spiro atoms. The molecule has 5 N–H and O–H groups in total. The van der Waals surface area contributed by atoms with Gasteiger partial charge in [0.25, 0.3) is 0 Å². The topological polar surface area (TPSA) is 174 Å². The Morgan fingerprint density at radius 1 is 0.694 bits per heavy atom. The average Bonchev–Trinajstić information content (AvgIpc) is 2.88. The highest BCUT2D eigenvalue weighted by Gasteiger charge is 2.14. The second-order valence-electron chi connectivity index (χ2n) is 7.69. The van der Waals surface area contributed by atoms with Crippen LogP contribution in [-0.4, -0.2) is 121 Å². The van der Waals surface area contributed by atoms with Crippen molar-refractivity contribution in [2.24, 2.45) is 0 Å². The first-order valence-electron chi connectivity index (χ1n) is 12.4. The maximum atomic E-state index is 11.7. The summed E-state index contributed by atoms with van der Waals surface area (Å²) in [6.07, 6.45) is 2.50. The minimum absolute atomic E-state index is 0.0238. The maximum Gasteiger partial charge on any atom is 0.246 e. The van der Waals surface area contributed by atoms with E-state index >= 15 is 0 Å². The number of ether oxygens (including phenoxy) is 4. The third kappa shape index (κ3) is 21.1. The Morgan fingerprint density at radius 3 is 1.69 bits per heavy atom. The number of rotatable bonds is 25. The van der Waals surface area contributed by atoms with E-state index in [0.717, 1.165) is 12.8 Å². The lowest BCUT2D eigenvalue weighted by molar-refractivity contribution is -0.127. The van der Waals surface area contributed by atoms with Crippen LogP contribution in [0.25, 0.3) is 0 Å². The van der Waals surface area contributed by atoms with Crippen molar-refractivity contribution in [3.05, 3.63) is 0 Å². The molecule has 0 aromatic heterocycles. The quantitative estimate of drug-likeness (QED) is 0.0858. The number of amides is 3. The van der Waals surface area contributed by atoms with E-state index in [1.807, 2.05) is 0 Å². The Labute approximate surface area is 213 Å². The van der Waals surface area contributed by atoms with Crippen LogP contribution in [0.3, 0.4) is 0 Å². The Hall–Kier alpha value is -2.16. The molecule has 36 heavy (non-hydrogen) atoms. The van der Waals surface area contributed by atoms with Crippen LogP contribution in [0.4, 0.5) is 0 Å². The number of unbranched alkanes of at least 4 members (excludes halogenated alkanes) is 1. The molecule has 0 aliphatic heterocycles. The van der Waals surface area contributed by atoms with Gasteiger partial charge < -0.3 is 45.3 Å². The molecule has 0 saturated carbocycles. The third-order valence-electron chi connectivity index (χ3n) is 4.80. The zero-order chi connectivity index (χ0) is 26.9. The number of hydrogen-bond acceptors (Lipinski definition) is 10. The van der Waals surface area contributed by atoms with E-state index in [0.29, 0.717) is 58.9 Å². The van der Waals surface area contributed by atoms with Crippen LogP contribution < -0.4 is 21.3 Å². The van der Waals surface area contributed by atoms with Crippen molar-refractivity contribution in [3.63, 3.8) is 0 Å². The van der Waals surface area contributed by atoms with Gasteiger partial charge in [-0.1, -0.05) is 6.92 Å². The number of Topliss-reactive ketones (excluding diaryl/α,β-unsaturated/α-hetero) is 1. The van der Waals surface area contributed by atoms with Crippen LogP contribution >= 0.6 is 0 Å². The summed E-state index contributed by atoms with van der Waals surface area (Å²) >= 11 is 0. The van der Waals surface area contributed by atoms with Crippen LogP contribution in [0.1, 0.15) is 32.6 Å². The highest BCUT2D eigenvalue weighted by molar-refractivity contribution is 5.84. The van der Waals surface area contributed by atoms with Gasteiger partial charge in [-0.25, -0.2) is 0 Å². The minimum Gasteiger partial charge on any atom is -0.389 e. The van der Waals surface area contributed by atoms with Crippen molar-refractivity contribution in [2.75, 3.05) is 86.1 Å². The lowest BCUT2D eigenvalue weighted by Crippen LogP contribution is -2.36. The Kier molecular flexibility index (Phi) is 23.1. The normalized spacial score (nSPS) is 11.6. The van der Waals surface area contributed by atoms with Crippen molar-refractivity contribution in [2.45, 2.75) is 38.6 Å². The molecule has 0 aromatic rings. The molecule has 0 aromatic carbocycles. The molecule has 13 nitrogen and oxygen atoms in total. The fourth-order valence-corrected chi connectivity index (χ4v) is 2.80. The van der Waals surface area contributed by atoms with Crippen molar-refractivity contribution in [1.82, 2.24) is 21.3 Å². The Morgan fingerprint density at radius 2 is 1.19 bits per heavy atom. The maximum absolute atomic E-state index is 11.7. The highest BCUT2D eigenvalue weighted by atomic mass is 16.5. The molecular formula is C23H44N4O9. The van der Waals surface area contributed by atoms with E-state index in [9.17, 15) is 19.2 Å². The van der Waals surface area contributed by atoms with E-state index in [4.69, 9.17) is 24.1 Å². The number of ketones is 1. The standard InChI is InChI=1S/C23H44N4O9/c1-3-21(30)26-8-10-33-12-15-36-18-23(32)27-9-11-34-13-14-35-17-22(31)25-7-5-4-6-19(24-2)20(29)16-28/h19,24,28H,3-18H2,1-2H3,(H,25,31)(H,26,30)(H,27,32)/t19-/m0/s1. The van der Waals surface area contributed by atoms with Crippen LogP contribution in [-0.2, 0) is 38.1 Å². The van der Waals surface area contributed by atoms with E-state index in [1.165, 1.54) is 0 Å². The van der Waals surface area contributed by atoms with Crippen molar-refractivity contribution in [3.8, 4) is 0 Å². The minimum atomic E-state index is -0.478. The first-order chi connectivity index (χ1) is 17.4. The fourth-order valence-electron chi connectivity index (χ4n) is 2.80. The average molecular weight is 521 g/mol. The number of carbonyl (C=O) groups excluding carboxylic acids is 4. The summed E-state index contributed by atoms with van der Waals surface area (Å²) in [6, 6.07) is -0.362. The predicted octanol–water partition coefficient (Wildman–Crippen LogP) is -1.87. The Balaban J connectivity index is 3.42. The van der Waals surface area contributed by atoms with Crippen LogP contribution in [0, 0.1) is 0 Å². The molecule has 0 radical (unpaired) electrons. The van der Waals surface area contributed by atoms with Gasteiger partial charge in [0, 0.05) is 26.1 Å². The molecule has 0 unspecified atom stereocenters. The van der Waals surface area contributed by atoms with Gasteiger partial charge in [-0.15, -0.1) is 0 Å². The zero-order valence-electron chi connectivity index (χ0n) is 21.6. The van der Waals surface area contributed by atoms with Crippen LogP contribution in [0.15, 0.2) is 0 Å².